The maximum Gasteiger partial charge on any atom is 0.351 e. The molecule has 0 saturated carbocycles. The molecule has 1 amide bonds. The number of rotatable bonds is 10. The Labute approximate surface area is 169 Å². The third kappa shape index (κ3) is 3.98. The molecule has 150 valence electrons. The molecule has 1 heterocycles. The number of benzene rings is 2. The number of unbranched alkanes of at least 4 members (excludes halogenated alkanes) is 1. The lowest BCUT2D eigenvalue weighted by Crippen LogP contribution is -2.53. The number of carbonyl (C=O) groups is 1. The molecule has 1 unspecified atom stereocenters. The molecule has 0 fully saturated rings. The maximum atomic E-state index is 13.7. The van der Waals surface area contributed by atoms with Crippen LogP contribution >= 0.6 is 0 Å². The van der Waals surface area contributed by atoms with E-state index in [0.29, 0.717) is 4.48 Å². The molecule has 1 aliphatic rings. The fourth-order valence-corrected chi connectivity index (χ4v) is 4.20. The summed E-state index contributed by atoms with van der Waals surface area (Å²) in [4.78, 5) is 16.1. The van der Waals surface area contributed by atoms with E-state index in [2.05, 4.69) is 61.3 Å². The lowest BCUT2D eigenvalue weighted by Gasteiger charge is -2.34. The van der Waals surface area contributed by atoms with E-state index in [0.717, 1.165) is 74.6 Å². The minimum absolute atomic E-state index is 0.229. The summed E-state index contributed by atoms with van der Waals surface area (Å²) in [5.41, 5.74) is 4.24. The van der Waals surface area contributed by atoms with Crippen molar-refractivity contribution >= 4 is 17.3 Å². The number of amides is 1. The molecule has 1 N–H and O–H groups in total. The topological polar surface area (TPSA) is 32.3 Å². The third-order valence-corrected chi connectivity index (χ3v) is 5.98. The quantitative estimate of drug-likeness (QED) is 0.470. The largest absolute Gasteiger partial charge is 0.380 e. The Morgan fingerprint density at radius 3 is 2.43 bits per heavy atom. The number of fused-ring (bicyclic) bond motifs is 1. The number of para-hydroxylation sites is 2. The molecule has 4 nitrogen and oxygen atoms in total. The summed E-state index contributed by atoms with van der Waals surface area (Å²) >= 11 is 0. The van der Waals surface area contributed by atoms with Gasteiger partial charge in [0.1, 0.15) is 13.1 Å². The van der Waals surface area contributed by atoms with Gasteiger partial charge in [-0.25, -0.2) is 9.28 Å². The zero-order chi connectivity index (χ0) is 20.0. The van der Waals surface area contributed by atoms with Gasteiger partial charge in [0.25, 0.3) is 0 Å². The van der Waals surface area contributed by atoms with Crippen molar-refractivity contribution in [3.05, 3.63) is 59.7 Å². The van der Waals surface area contributed by atoms with E-state index in [4.69, 9.17) is 0 Å². The van der Waals surface area contributed by atoms with Crippen molar-refractivity contribution in [2.75, 3.05) is 38.0 Å². The van der Waals surface area contributed by atoms with E-state index in [1.165, 1.54) is 0 Å². The van der Waals surface area contributed by atoms with Crippen LogP contribution < -0.4 is 9.80 Å². The molecule has 4 heteroatoms. The Kier molecular flexibility index (Phi) is 6.87. The van der Waals surface area contributed by atoms with Gasteiger partial charge < -0.3 is 5.32 Å². The summed E-state index contributed by atoms with van der Waals surface area (Å²) in [5, 5.41) is 3.60. The van der Waals surface area contributed by atoms with Gasteiger partial charge in [-0.1, -0.05) is 57.5 Å². The van der Waals surface area contributed by atoms with Crippen LogP contribution in [0.3, 0.4) is 0 Å². The van der Waals surface area contributed by atoms with Gasteiger partial charge in [0.2, 0.25) is 0 Å². The zero-order valence-electron chi connectivity index (χ0n) is 17.6. The first-order chi connectivity index (χ1) is 13.7. The summed E-state index contributed by atoms with van der Waals surface area (Å²) in [6.45, 7) is 12.0. The van der Waals surface area contributed by atoms with E-state index in [1.54, 1.807) is 0 Å². The summed E-state index contributed by atoms with van der Waals surface area (Å²) in [6.07, 6.45) is 2.28. The lowest BCUT2D eigenvalue weighted by molar-refractivity contribution is 0.0768. The van der Waals surface area contributed by atoms with Gasteiger partial charge in [-0.05, 0) is 31.6 Å². The molecule has 2 aromatic rings. The van der Waals surface area contributed by atoms with Crippen LogP contribution in [0.4, 0.5) is 11.4 Å². The predicted molar refractivity (Wildman–Crippen MR) is 119 cm³/mol. The van der Waals surface area contributed by atoms with Gasteiger partial charge >= 0.3 is 5.91 Å². The highest BCUT2D eigenvalue weighted by molar-refractivity contribution is 6.07. The Morgan fingerprint density at radius 1 is 1.00 bits per heavy atom. The van der Waals surface area contributed by atoms with Crippen LogP contribution in [0.25, 0.3) is 0 Å². The highest BCUT2D eigenvalue weighted by atomic mass is 16.2. The van der Waals surface area contributed by atoms with Crippen molar-refractivity contribution in [2.24, 2.45) is 0 Å². The van der Waals surface area contributed by atoms with Crippen molar-refractivity contribution < 1.29 is 4.79 Å². The summed E-state index contributed by atoms with van der Waals surface area (Å²) in [6, 6.07) is 16.5. The van der Waals surface area contributed by atoms with E-state index < -0.39 is 0 Å². The molecule has 1 atom stereocenters. The Balaban J connectivity index is 2.00. The molecule has 2 aromatic carbocycles. The van der Waals surface area contributed by atoms with Gasteiger partial charge in [-0.2, -0.15) is 0 Å². The van der Waals surface area contributed by atoms with Crippen LogP contribution in [0.15, 0.2) is 48.5 Å². The number of hydrogen-bond donors (Lipinski definition) is 1. The second kappa shape index (κ2) is 9.35. The number of quaternary nitrogens is 1. The Bertz CT molecular complexity index is 800. The zero-order valence-corrected chi connectivity index (χ0v) is 17.6. The van der Waals surface area contributed by atoms with Crippen molar-refractivity contribution in [3.63, 3.8) is 0 Å². The first kappa shape index (κ1) is 20.6. The van der Waals surface area contributed by atoms with Crippen molar-refractivity contribution in [3.8, 4) is 0 Å². The lowest BCUT2D eigenvalue weighted by atomic mass is 10.1. The Hall–Kier alpha value is -2.17. The molecule has 0 aromatic heterocycles. The van der Waals surface area contributed by atoms with Gasteiger partial charge in [-0.3, -0.25) is 4.90 Å². The van der Waals surface area contributed by atoms with Crippen LogP contribution in [-0.2, 0) is 6.54 Å². The normalized spacial score (nSPS) is 18.5. The van der Waals surface area contributed by atoms with Crippen molar-refractivity contribution in [2.45, 2.75) is 40.2 Å². The monoisotopic (exact) mass is 380 g/mol. The van der Waals surface area contributed by atoms with Gasteiger partial charge in [0, 0.05) is 24.7 Å². The molecule has 0 saturated heterocycles. The first-order valence-corrected chi connectivity index (χ1v) is 10.7. The number of anilines is 1. The SMILES string of the molecule is CCCCNc1ccccc1[N+]1(CCN(CC)CC)Cc2ccccc2C1=O. The molecule has 0 radical (unpaired) electrons. The maximum absolute atomic E-state index is 13.7. The summed E-state index contributed by atoms with van der Waals surface area (Å²) in [5.74, 6) is 0.229. The Morgan fingerprint density at radius 2 is 1.71 bits per heavy atom. The minimum atomic E-state index is 0.229. The van der Waals surface area contributed by atoms with E-state index in [1.807, 2.05) is 18.2 Å². The van der Waals surface area contributed by atoms with Crippen molar-refractivity contribution in [1.29, 1.82) is 0 Å². The minimum Gasteiger partial charge on any atom is -0.380 e. The molecule has 0 bridgehead atoms. The highest BCUT2D eigenvalue weighted by Crippen LogP contribution is 2.40. The van der Waals surface area contributed by atoms with Crippen LogP contribution in [0.2, 0.25) is 0 Å². The predicted octanol–water partition coefficient (Wildman–Crippen LogP) is 4.90. The summed E-state index contributed by atoms with van der Waals surface area (Å²) < 4.78 is 0.380. The molecule has 1 aliphatic heterocycles. The molecule has 0 aliphatic carbocycles. The summed E-state index contributed by atoms with van der Waals surface area (Å²) in [7, 11) is 0. The number of nitrogens with zero attached hydrogens (tertiary/aromatic N) is 2. The highest BCUT2D eigenvalue weighted by Gasteiger charge is 2.48. The van der Waals surface area contributed by atoms with E-state index in [-0.39, 0.29) is 5.91 Å². The van der Waals surface area contributed by atoms with E-state index >= 15 is 0 Å². The first-order valence-electron chi connectivity index (χ1n) is 10.7. The van der Waals surface area contributed by atoms with Crippen LogP contribution in [0, 0.1) is 0 Å². The van der Waals surface area contributed by atoms with Crippen LogP contribution in [0.5, 0.6) is 0 Å². The molecule has 28 heavy (non-hydrogen) atoms. The van der Waals surface area contributed by atoms with Crippen LogP contribution in [0.1, 0.15) is 49.5 Å². The number of nitrogens with one attached hydrogen (secondary N) is 1. The number of hydrogen-bond acceptors (Lipinski definition) is 3. The second-order valence-corrected chi connectivity index (χ2v) is 7.64. The van der Waals surface area contributed by atoms with E-state index in [9.17, 15) is 4.79 Å². The van der Waals surface area contributed by atoms with Crippen LogP contribution in [-0.4, -0.2) is 43.5 Å². The van der Waals surface area contributed by atoms with Gasteiger partial charge in [0.15, 0.2) is 5.69 Å². The third-order valence-electron chi connectivity index (χ3n) is 5.98. The molecular weight excluding hydrogens is 346 g/mol. The average Bonchev–Trinajstić information content (AvgIpc) is 3.02. The average molecular weight is 381 g/mol. The smallest absolute Gasteiger partial charge is 0.351 e. The van der Waals surface area contributed by atoms with Gasteiger partial charge in [0.05, 0.1) is 11.3 Å². The fourth-order valence-electron chi connectivity index (χ4n) is 4.20. The van der Waals surface area contributed by atoms with Crippen molar-refractivity contribution in [1.82, 2.24) is 9.38 Å². The molecule has 0 spiro atoms. The van der Waals surface area contributed by atoms with Gasteiger partial charge in [-0.15, -0.1) is 0 Å². The second-order valence-electron chi connectivity index (χ2n) is 7.64. The fraction of sp³-hybridized carbons (Fsp3) is 0.458. The number of carbonyl (C=O) groups excluding carboxylic acids is 1. The number of likely N-dealkylation sites (N-methyl/N-ethyl adjacent to an activating group) is 1. The molecule has 3 rings (SSSR count). The standard InChI is InChI=1S/C24H34N3O/c1-4-7-16-25-22-14-10-11-15-23(22)27(18-17-26(5-2)6-3)19-20-12-8-9-13-21(20)24(27)28/h8-15,25H,4-7,16-19H2,1-3H3/q+1. The molecular formula is C24H34N3O+.